The molecule has 17 heavy (non-hydrogen) atoms. The second-order valence-corrected chi connectivity index (χ2v) is 4.91. The Kier molecular flexibility index (Phi) is 4.53. The van der Waals surface area contributed by atoms with E-state index in [9.17, 15) is 0 Å². The minimum atomic E-state index is 0.359. The van der Waals surface area contributed by atoms with Crippen molar-refractivity contribution in [2.45, 2.75) is 12.5 Å². The molecule has 0 spiro atoms. The zero-order chi connectivity index (χ0) is 11.9. The standard InChI is InChI=1S/C15H16OSi/c1-2-16-17-15(13-9-5-3-6-10-13)14-11-7-4-8-12-14/h3-12,15H,2H2,1H3. The van der Waals surface area contributed by atoms with Crippen LogP contribution in [0.1, 0.15) is 23.6 Å². The van der Waals surface area contributed by atoms with Crippen molar-refractivity contribution >= 4 is 9.76 Å². The lowest BCUT2D eigenvalue weighted by Gasteiger charge is -2.16. The lowest BCUT2D eigenvalue weighted by molar-refractivity contribution is 0.356. The highest BCUT2D eigenvalue weighted by Crippen LogP contribution is 2.23. The molecule has 0 fully saturated rings. The average molecular weight is 240 g/mol. The summed E-state index contributed by atoms with van der Waals surface area (Å²) in [7, 11) is 0.478. The summed E-state index contributed by atoms with van der Waals surface area (Å²) in [6.45, 7) is 2.81. The van der Waals surface area contributed by atoms with Gasteiger partial charge >= 0.3 is 0 Å². The third kappa shape index (κ3) is 3.28. The molecule has 0 amide bonds. The first kappa shape index (κ1) is 12.1. The van der Waals surface area contributed by atoms with Crippen molar-refractivity contribution in [1.82, 2.24) is 0 Å². The molecule has 0 aliphatic carbocycles. The monoisotopic (exact) mass is 240 g/mol. The van der Waals surface area contributed by atoms with E-state index in [0.29, 0.717) is 15.3 Å². The van der Waals surface area contributed by atoms with Crippen molar-refractivity contribution in [3.05, 3.63) is 71.8 Å². The summed E-state index contributed by atoms with van der Waals surface area (Å²) in [6, 6.07) is 21.1. The van der Waals surface area contributed by atoms with Crippen LogP contribution in [0.15, 0.2) is 60.7 Å². The van der Waals surface area contributed by atoms with Gasteiger partial charge in [0.15, 0.2) is 0 Å². The van der Waals surface area contributed by atoms with E-state index in [4.69, 9.17) is 4.43 Å². The van der Waals surface area contributed by atoms with Gasteiger partial charge in [-0.1, -0.05) is 60.7 Å². The maximum atomic E-state index is 5.63. The van der Waals surface area contributed by atoms with Crippen molar-refractivity contribution in [1.29, 1.82) is 0 Å². The molecule has 2 rings (SSSR count). The molecule has 0 N–H and O–H groups in total. The molecule has 0 aromatic heterocycles. The molecule has 86 valence electrons. The molecular weight excluding hydrogens is 224 g/mol. The smallest absolute Gasteiger partial charge is 0.242 e. The number of hydrogen-bond acceptors (Lipinski definition) is 1. The van der Waals surface area contributed by atoms with E-state index in [1.165, 1.54) is 11.1 Å². The van der Waals surface area contributed by atoms with Gasteiger partial charge in [-0.25, -0.2) is 0 Å². The summed E-state index contributed by atoms with van der Waals surface area (Å²) in [6.07, 6.45) is 0. The Hall–Kier alpha value is -1.38. The summed E-state index contributed by atoms with van der Waals surface area (Å²) in [5.74, 6) is 0. The van der Waals surface area contributed by atoms with E-state index in [1.54, 1.807) is 0 Å². The molecule has 2 radical (unpaired) electrons. The van der Waals surface area contributed by atoms with Gasteiger partial charge in [-0.3, -0.25) is 0 Å². The molecule has 0 bridgehead atoms. The molecular formula is C15H16OSi. The molecule has 2 aromatic rings. The van der Waals surface area contributed by atoms with Crippen LogP contribution >= 0.6 is 0 Å². The molecule has 2 aromatic carbocycles. The Labute approximate surface area is 105 Å². The Morgan fingerprint density at radius 2 is 1.35 bits per heavy atom. The van der Waals surface area contributed by atoms with Crippen LogP contribution in [0.4, 0.5) is 0 Å². The van der Waals surface area contributed by atoms with Crippen LogP contribution in [-0.4, -0.2) is 16.4 Å². The van der Waals surface area contributed by atoms with E-state index in [1.807, 2.05) is 6.92 Å². The van der Waals surface area contributed by atoms with Gasteiger partial charge in [0.25, 0.3) is 0 Å². The predicted octanol–water partition coefficient (Wildman–Crippen LogP) is 3.43. The molecule has 0 saturated heterocycles. The van der Waals surface area contributed by atoms with Gasteiger partial charge in [-0.2, -0.15) is 0 Å². The predicted molar refractivity (Wildman–Crippen MR) is 72.1 cm³/mol. The summed E-state index contributed by atoms with van der Waals surface area (Å²) in [5.41, 5.74) is 3.01. The highest BCUT2D eigenvalue weighted by atomic mass is 28.2. The molecule has 0 unspecified atom stereocenters. The zero-order valence-electron chi connectivity index (χ0n) is 9.97. The minimum Gasteiger partial charge on any atom is -0.417 e. The molecule has 0 atom stereocenters. The van der Waals surface area contributed by atoms with Gasteiger partial charge in [-0.05, 0) is 18.1 Å². The molecule has 0 aliphatic rings. The third-order valence-corrected chi connectivity index (χ3v) is 3.97. The van der Waals surface area contributed by atoms with E-state index < -0.39 is 0 Å². The topological polar surface area (TPSA) is 9.23 Å². The van der Waals surface area contributed by atoms with Crippen LogP contribution in [-0.2, 0) is 4.43 Å². The van der Waals surface area contributed by atoms with Crippen molar-refractivity contribution in [3.63, 3.8) is 0 Å². The molecule has 1 nitrogen and oxygen atoms in total. The highest BCUT2D eigenvalue weighted by molar-refractivity contribution is 6.31. The van der Waals surface area contributed by atoms with Crippen LogP contribution in [0.3, 0.4) is 0 Å². The third-order valence-electron chi connectivity index (χ3n) is 2.61. The fourth-order valence-corrected chi connectivity index (χ4v) is 2.78. The highest BCUT2D eigenvalue weighted by Gasteiger charge is 2.15. The number of benzene rings is 2. The van der Waals surface area contributed by atoms with Crippen LogP contribution < -0.4 is 0 Å². The van der Waals surface area contributed by atoms with Crippen LogP contribution in [0.5, 0.6) is 0 Å². The molecule has 0 heterocycles. The summed E-state index contributed by atoms with van der Waals surface area (Å²) >= 11 is 0. The quantitative estimate of drug-likeness (QED) is 0.728. The van der Waals surface area contributed by atoms with Crippen LogP contribution in [0.25, 0.3) is 0 Å². The Morgan fingerprint density at radius 3 is 1.76 bits per heavy atom. The fourth-order valence-electron chi connectivity index (χ4n) is 1.79. The SMILES string of the molecule is CCO[Si]C(c1ccccc1)c1ccccc1. The van der Waals surface area contributed by atoms with E-state index in [2.05, 4.69) is 60.7 Å². The Morgan fingerprint density at radius 1 is 0.882 bits per heavy atom. The molecule has 0 saturated carbocycles. The van der Waals surface area contributed by atoms with Gasteiger partial charge in [0.2, 0.25) is 9.76 Å². The van der Waals surface area contributed by atoms with Gasteiger partial charge < -0.3 is 4.43 Å². The lowest BCUT2D eigenvalue weighted by atomic mass is 10.0. The maximum absolute atomic E-state index is 5.63. The van der Waals surface area contributed by atoms with Gasteiger partial charge in [0.05, 0.1) is 0 Å². The Balaban J connectivity index is 2.26. The molecule has 2 heteroatoms. The fraction of sp³-hybridized carbons (Fsp3) is 0.200. The zero-order valence-corrected chi connectivity index (χ0v) is 11.0. The Bertz CT molecular complexity index is 388. The van der Waals surface area contributed by atoms with Crippen LogP contribution in [0.2, 0.25) is 0 Å². The van der Waals surface area contributed by atoms with E-state index >= 15 is 0 Å². The maximum Gasteiger partial charge on any atom is 0.242 e. The second-order valence-electron chi connectivity index (χ2n) is 3.81. The van der Waals surface area contributed by atoms with Crippen molar-refractivity contribution in [2.75, 3.05) is 6.61 Å². The second kappa shape index (κ2) is 6.38. The largest absolute Gasteiger partial charge is 0.417 e. The first-order valence-corrected chi connectivity index (χ1v) is 6.87. The number of hydrogen-bond donors (Lipinski definition) is 0. The van der Waals surface area contributed by atoms with Crippen molar-refractivity contribution in [3.8, 4) is 0 Å². The minimum absolute atomic E-state index is 0.359. The molecule has 0 aliphatic heterocycles. The first-order valence-electron chi connectivity index (χ1n) is 5.89. The van der Waals surface area contributed by atoms with Crippen LogP contribution in [0, 0.1) is 0 Å². The van der Waals surface area contributed by atoms with E-state index in [0.717, 1.165) is 6.61 Å². The first-order chi connectivity index (χ1) is 8.42. The van der Waals surface area contributed by atoms with E-state index in [-0.39, 0.29) is 0 Å². The summed E-state index contributed by atoms with van der Waals surface area (Å²) in [5, 5.41) is 0. The normalized spacial score (nSPS) is 10.7. The average Bonchev–Trinajstić information content (AvgIpc) is 2.42. The van der Waals surface area contributed by atoms with Crippen molar-refractivity contribution < 1.29 is 4.43 Å². The lowest BCUT2D eigenvalue weighted by Crippen LogP contribution is -2.13. The van der Waals surface area contributed by atoms with Gasteiger partial charge in [-0.15, -0.1) is 0 Å². The summed E-state index contributed by atoms with van der Waals surface area (Å²) in [4.78, 5) is 0. The van der Waals surface area contributed by atoms with Gasteiger partial charge in [0, 0.05) is 12.1 Å². The van der Waals surface area contributed by atoms with Gasteiger partial charge in [0.1, 0.15) is 0 Å². The number of rotatable bonds is 5. The van der Waals surface area contributed by atoms with Crippen molar-refractivity contribution in [2.24, 2.45) is 0 Å². The summed E-state index contributed by atoms with van der Waals surface area (Å²) < 4.78 is 5.63.